The predicted molar refractivity (Wildman–Crippen MR) is 152 cm³/mol. The molecule has 0 aliphatic carbocycles. The molecule has 1 saturated heterocycles. The molecule has 1 aliphatic heterocycles. The standard InChI is InChI=1S/C29H35ClN4O6/c1-29(2,3)40-28(36)34-11-9-20(10-12-34)39-25-14-21-23(15-24(25)37-4)31-17-32-27(21)33-22(16-26(35)38-5)18-7-6-8-19(30)13-18/h6-8,13-15,17,20,22H,9-12,16H2,1-5H3,(H,31,32,33). The molecule has 11 heteroatoms. The Labute approximate surface area is 238 Å². The Morgan fingerprint density at radius 2 is 1.85 bits per heavy atom. The lowest BCUT2D eigenvalue weighted by Crippen LogP contribution is -2.44. The minimum atomic E-state index is -0.542. The van der Waals surface area contributed by atoms with Gasteiger partial charge in [0.15, 0.2) is 11.5 Å². The third kappa shape index (κ3) is 7.44. The minimum absolute atomic E-state index is 0.0675. The number of methoxy groups -OCH3 is 2. The van der Waals surface area contributed by atoms with Gasteiger partial charge in [-0.3, -0.25) is 4.79 Å². The number of ether oxygens (including phenoxy) is 4. The van der Waals surface area contributed by atoms with E-state index in [2.05, 4.69) is 15.3 Å². The van der Waals surface area contributed by atoms with Crippen molar-refractivity contribution in [3.05, 3.63) is 53.3 Å². The molecule has 214 valence electrons. The fourth-order valence-corrected chi connectivity index (χ4v) is 4.68. The number of carbonyl (C=O) groups excluding carboxylic acids is 2. The topological polar surface area (TPSA) is 112 Å². The number of nitrogens with zero attached hydrogens (tertiary/aromatic N) is 3. The summed E-state index contributed by atoms with van der Waals surface area (Å²) in [6.07, 6.45) is 2.37. The van der Waals surface area contributed by atoms with Crippen molar-refractivity contribution in [1.29, 1.82) is 0 Å². The number of nitrogens with one attached hydrogen (secondary N) is 1. The van der Waals surface area contributed by atoms with Crippen LogP contribution in [0.15, 0.2) is 42.7 Å². The highest BCUT2D eigenvalue weighted by atomic mass is 35.5. The van der Waals surface area contributed by atoms with E-state index in [-0.39, 0.29) is 24.6 Å². The second kappa shape index (κ2) is 12.6. The Morgan fingerprint density at radius 1 is 1.10 bits per heavy atom. The molecule has 2 heterocycles. The molecule has 1 aromatic heterocycles. The predicted octanol–water partition coefficient (Wildman–Crippen LogP) is 5.79. The molecule has 0 bridgehead atoms. The van der Waals surface area contributed by atoms with E-state index >= 15 is 0 Å². The number of anilines is 1. The van der Waals surface area contributed by atoms with Crippen molar-refractivity contribution in [3.63, 3.8) is 0 Å². The Kier molecular flexibility index (Phi) is 9.19. The number of hydrogen-bond donors (Lipinski definition) is 1. The van der Waals surface area contributed by atoms with E-state index in [1.807, 2.05) is 39.0 Å². The molecule has 40 heavy (non-hydrogen) atoms. The summed E-state index contributed by atoms with van der Waals surface area (Å²) in [4.78, 5) is 35.3. The van der Waals surface area contributed by atoms with E-state index < -0.39 is 11.6 Å². The highest BCUT2D eigenvalue weighted by Gasteiger charge is 2.28. The summed E-state index contributed by atoms with van der Waals surface area (Å²) in [5.41, 5.74) is 0.912. The number of fused-ring (bicyclic) bond motifs is 1. The molecule has 4 rings (SSSR count). The van der Waals surface area contributed by atoms with Crippen LogP contribution in [0.25, 0.3) is 10.9 Å². The van der Waals surface area contributed by atoms with Crippen LogP contribution in [-0.2, 0) is 14.3 Å². The van der Waals surface area contributed by atoms with E-state index in [9.17, 15) is 9.59 Å². The zero-order chi connectivity index (χ0) is 28.9. The number of rotatable bonds is 8. The molecule has 1 aliphatic rings. The molecule has 0 saturated carbocycles. The zero-order valence-electron chi connectivity index (χ0n) is 23.4. The number of esters is 1. The van der Waals surface area contributed by atoms with Gasteiger partial charge in [0.05, 0.1) is 32.2 Å². The third-order valence-corrected chi connectivity index (χ3v) is 6.70. The first-order valence-electron chi connectivity index (χ1n) is 13.1. The van der Waals surface area contributed by atoms with Crippen LogP contribution in [0.1, 0.15) is 51.6 Å². The lowest BCUT2D eigenvalue weighted by atomic mass is 10.0. The summed E-state index contributed by atoms with van der Waals surface area (Å²) in [5, 5.41) is 4.62. The van der Waals surface area contributed by atoms with Gasteiger partial charge in [0.25, 0.3) is 0 Å². The van der Waals surface area contributed by atoms with Gasteiger partial charge >= 0.3 is 12.1 Å². The van der Waals surface area contributed by atoms with E-state index in [0.29, 0.717) is 59.2 Å². The normalized spacial score (nSPS) is 14.9. The van der Waals surface area contributed by atoms with Crippen molar-refractivity contribution in [2.75, 3.05) is 32.6 Å². The number of hydrogen-bond acceptors (Lipinski definition) is 9. The fraction of sp³-hybridized carbons (Fsp3) is 0.448. The summed E-state index contributed by atoms with van der Waals surface area (Å²) in [6, 6.07) is 10.5. The summed E-state index contributed by atoms with van der Waals surface area (Å²) in [6.45, 7) is 6.62. The van der Waals surface area contributed by atoms with E-state index in [1.54, 1.807) is 30.2 Å². The van der Waals surface area contributed by atoms with Crippen LogP contribution in [-0.4, -0.2) is 65.9 Å². The van der Waals surface area contributed by atoms with Crippen molar-refractivity contribution in [2.24, 2.45) is 0 Å². The molecule has 1 N–H and O–H groups in total. The number of piperidine rings is 1. The first-order chi connectivity index (χ1) is 19.1. The van der Waals surface area contributed by atoms with Crippen LogP contribution >= 0.6 is 11.6 Å². The van der Waals surface area contributed by atoms with Crippen molar-refractivity contribution < 1.29 is 28.5 Å². The summed E-state index contributed by atoms with van der Waals surface area (Å²) in [7, 11) is 2.93. The van der Waals surface area contributed by atoms with Crippen LogP contribution in [0.5, 0.6) is 11.5 Å². The summed E-state index contributed by atoms with van der Waals surface area (Å²) < 4.78 is 22.4. The number of amides is 1. The van der Waals surface area contributed by atoms with E-state index in [0.717, 1.165) is 5.56 Å². The molecule has 2 aromatic carbocycles. The highest BCUT2D eigenvalue weighted by molar-refractivity contribution is 6.30. The SMILES string of the molecule is COC(=O)CC(Nc1ncnc2cc(OC)c(OC3CCN(C(=O)OC(C)(C)C)CC3)cc12)c1cccc(Cl)c1. The quantitative estimate of drug-likeness (QED) is 0.336. The highest BCUT2D eigenvalue weighted by Crippen LogP contribution is 2.37. The minimum Gasteiger partial charge on any atom is -0.493 e. The van der Waals surface area contributed by atoms with Gasteiger partial charge in [-0.25, -0.2) is 14.8 Å². The van der Waals surface area contributed by atoms with Gasteiger partial charge in [-0.15, -0.1) is 0 Å². The van der Waals surface area contributed by atoms with Crippen molar-refractivity contribution in [3.8, 4) is 11.5 Å². The van der Waals surface area contributed by atoms with Gasteiger partial charge in [-0.2, -0.15) is 0 Å². The lowest BCUT2D eigenvalue weighted by Gasteiger charge is -2.33. The van der Waals surface area contributed by atoms with Crippen molar-refractivity contribution in [2.45, 2.75) is 57.8 Å². The van der Waals surface area contributed by atoms with E-state index in [1.165, 1.54) is 13.4 Å². The van der Waals surface area contributed by atoms with Crippen LogP contribution in [0.4, 0.5) is 10.6 Å². The van der Waals surface area contributed by atoms with E-state index in [4.69, 9.17) is 30.5 Å². The van der Waals surface area contributed by atoms with Crippen molar-refractivity contribution >= 4 is 40.4 Å². The number of carbonyl (C=O) groups is 2. The molecule has 1 fully saturated rings. The maximum atomic E-state index is 12.4. The first-order valence-corrected chi connectivity index (χ1v) is 13.5. The number of benzene rings is 2. The third-order valence-electron chi connectivity index (χ3n) is 6.47. The van der Waals surface area contributed by atoms with Gasteiger partial charge < -0.3 is 29.2 Å². The number of likely N-dealkylation sites (tertiary alicyclic amines) is 1. The van der Waals surface area contributed by atoms with Gasteiger partial charge in [-0.05, 0) is 44.5 Å². The number of aromatic nitrogens is 2. The Balaban J connectivity index is 1.57. The maximum Gasteiger partial charge on any atom is 0.410 e. The molecular weight excluding hydrogens is 536 g/mol. The summed E-state index contributed by atoms with van der Waals surface area (Å²) in [5.74, 6) is 1.22. The molecule has 3 aromatic rings. The zero-order valence-corrected chi connectivity index (χ0v) is 24.2. The lowest BCUT2D eigenvalue weighted by molar-refractivity contribution is -0.140. The molecule has 10 nitrogen and oxygen atoms in total. The molecule has 1 amide bonds. The van der Waals surface area contributed by atoms with Crippen LogP contribution < -0.4 is 14.8 Å². The second-order valence-electron chi connectivity index (χ2n) is 10.6. The average molecular weight is 571 g/mol. The Morgan fingerprint density at radius 3 is 2.50 bits per heavy atom. The average Bonchev–Trinajstić information content (AvgIpc) is 2.92. The van der Waals surface area contributed by atoms with Gasteiger partial charge in [-0.1, -0.05) is 23.7 Å². The van der Waals surface area contributed by atoms with Crippen LogP contribution in [0.2, 0.25) is 5.02 Å². The monoisotopic (exact) mass is 570 g/mol. The smallest absolute Gasteiger partial charge is 0.410 e. The molecule has 1 unspecified atom stereocenters. The maximum absolute atomic E-state index is 12.4. The fourth-order valence-electron chi connectivity index (χ4n) is 4.48. The van der Waals surface area contributed by atoms with Gasteiger partial charge in [0.2, 0.25) is 0 Å². The van der Waals surface area contributed by atoms with Crippen LogP contribution in [0, 0.1) is 0 Å². The Bertz CT molecular complexity index is 1350. The van der Waals surface area contributed by atoms with Crippen LogP contribution in [0.3, 0.4) is 0 Å². The molecular formula is C29H35ClN4O6. The van der Waals surface area contributed by atoms with Gasteiger partial charge in [0, 0.05) is 42.4 Å². The molecule has 1 atom stereocenters. The second-order valence-corrected chi connectivity index (χ2v) is 11.0. The first kappa shape index (κ1) is 29.2. The Hall–Kier alpha value is -3.79. The molecule has 0 spiro atoms. The molecule has 0 radical (unpaired) electrons. The van der Waals surface area contributed by atoms with Crippen molar-refractivity contribution in [1.82, 2.24) is 14.9 Å². The van der Waals surface area contributed by atoms with Gasteiger partial charge in [0.1, 0.15) is 23.9 Å². The largest absolute Gasteiger partial charge is 0.493 e. The summed E-state index contributed by atoms with van der Waals surface area (Å²) >= 11 is 6.23. The number of halogens is 1.